The summed E-state index contributed by atoms with van der Waals surface area (Å²) in [5.41, 5.74) is 10.1. The molecular formula is C30H35N7O3S. The van der Waals surface area contributed by atoms with E-state index in [1.807, 2.05) is 7.05 Å². The first-order chi connectivity index (χ1) is 20.0. The molecule has 41 heavy (non-hydrogen) atoms. The third-order valence-electron chi connectivity index (χ3n) is 10.2. The van der Waals surface area contributed by atoms with E-state index in [4.69, 9.17) is 29.7 Å². The number of anilines is 2. The predicted molar refractivity (Wildman–Crippen MR) is 155 cm³/mol. The number of ether oxygens (including phenoxy) is 2. The van der Waals surface area contributed by atoms with Gasteiger partial charge in [0.2, 0.25) is 0 Å². The molecule has 2 saturated heterocycles. The van der Waals surface area contributed by atoms with Gasteiger partial charge in [-0.2, -0.15) is 15.2 Å². The van der Waals surface area contributed by atoms with Crippen LogP contribution >= 0.6 is 11.3 Å². The van der Waals surface area contributed by atoms with Gasteiger partial charge in [-0.05, 0) is 82.9 Å². The van der Waals surface area contributed by atoms with Crippen LogP contribution in [0.1, 0.15) is 78.7 Å². The number of likely N-dealkylation sites (N-methyl/N-ethyl adjacent to an activating group) is 1. The summed E-state index contributed by atoms with van der Waals surface area (Å²) in [4.78, 5) is 15.7. The Morgan fingerprint density at radius 3 is 2.66 bits per heavy atom. The Morgan fingerprint density at radius 1 is 1.05 bits per heavy atom. The topological polar surface area (TPSA) is 127 Å². The third kappa shape index (κ3) is 3.66. The van der Waals surface area contributed by atoms with Crippen molar-refractivity contribution in [2.24, 2.45) is 0 Å². The molecule has 0 saturated carbocycles. The molecule has 5 aliphatic rings. The van der Waals surface area contributed by atoms with Crippen LogP contribution in [0.2, 0.25) is 0 Å². The van der Waals surface area contributed by atoms with Crippen LogP contribution in [0.4, 0.5) is 10.8 Å². The van der Waals surface area contributed by atoms with Crippen LogP contribution in [0, 0.1) is 11.3 Å². The van der Waals surface area contributed by atoms with E-state index in [1.165, 1.54) is 17.7 Å². The van der Waals surface area contributed by atoms with E-state index >= 15 is 0 Å². The Bertz CT molecular complexity index is 1560. The maximum Gasteiger partial charge on any atom is 0.319 e. The molecule has 3 aliphatic heterocycles. The lowest BCUT2D eigenvalue weighted by Crippen LogP contribution is -2.43. The molecule has 2 fully saturated rings. The van der Waals surface area contributed by atoms with Gasteiger partial charge < -0.3 is 24.6 Å². The smallest absolute Gasteiger partial charge is 0.319 e. The van der Waals surface area contributed by atoms with E-state index in [9.17, 15) is 5.26 Å². The van der Waals surface area contributed by atoms with Crippen molar-refractivity contribution in [3.05, 3.63) is 27.3 Å². The summed E-state index contributed by atoms with van der Waals surface area (Å²) >= 11 is 1.56. The number of hydrogen-bond acceptors (Lipinski definition) is 11. The summed E-state index contributed by atoms with van der Waals surface area (Å²) in [7, 11) is 2.03. The minimum atomic E-state index is -0.386. The molecule has 3 aromatic rings. The Morgan fingerprint density at radius 2 is 1.85 bits per heavy atom. The number of hydrogen-bond donors (Lipinski definition) is 1. The lowest BCUT2D eigenvalue weighted by Gasteiger charge is -2.39. The number of fused-ring (bicyclic) bond motifs is 6. The number of nitriles is 1. The van der Waals surface area contributed by atoms with Crippen molar-refractivity contribution in [2.45, 2.75) is 75.2 Å². The fourth-order valence-electron chi connectivity index (χ4n) is 8.31. The molecule has 214 valence electrons. The average Bonchev–Trinajstić information content (AvgIpc) is 3.74. The van der Waals surface area contributed by atoms with Crippen molar-refractivity contribution in [3.8, 4) is 29.2 Å². The van der Waals surface area contributed by atoms with E-state index in [2.05, 4.69) is 21.0 Å². The van der Waals surface area contributed by atoms with Crippen LogP contribution in [0.25, 0.3) is 11.4 Å². The fourth-order valence-corrected chi connectivity index (χ4v) is 9.47. The lowest BCUT2D eigenvalue weighted by atomic mass is 9.63. The fraction of sp³-hybridized carbons (Fsp3) is 0.600. The van der Waals surface area contributed by atoms with Crippen molar-refractivity contribution in [3.63, 3.8) is 0 Å². The number of aromatic nitrogens is 3. The van der Waals surface area contributed by atoms with Crippen molar-refractivity contribution >= 4 is 22.2 Å². The summed E-state index contributed by atoms with van der Waals surface area (Å²) in [6, 6.07) is 2.77. The Kier molecular flexibility index (Phi) is 5.77. The van der Waals surface area contributed by atoms with Gasteiger partial charge in [0.25, 0.3) is 0 Å². The van der Waals surface area contributed by atoms with Crippen LogP contribution in [-0.2, 0) is 18.3 Å². The van der Waals surface area contributed by atoms with Gasteiger partial charge in [0.15, 0.2) is 17.3 Å². The summed E-state index contributed by atoms with van der Waals surface area (Å²) < 4.78 is 18.9. The maximum atomic E-state index is 10.1. The van der Waals surface area contributed by atoms with Crippen molar-refractivity contribution in [2.75, 3.05) is 50.5 Å². The number of nitrogens with zero attached hydrogens (tertiary/aromatic N) is 6. The Balaban J connectivity index is 1.23. The van der Waals surface area contributed by atoms with Gasteiger partial charge in [-0.3, -0.25) is 4.90 Å². The lowest BCUT2D eigenvalue weighted by molar-refractivity contribution is 0.107. The second kappa shape index (κ2) is 9.33. The zero-order valence-electron chi connectivity index (χ0n) is 23.5. The first kappa shape index (κ1) is 25.4. The minimum absolute atomic E-state index is 0.0980. The van der Waals surface area contributed by atoms with Gasteiger partial charge in [-0.25, -0.2) is 0 Å². The van der Waals surface area contributed by atoms with Gasteiger partial charge in [0.05, 0.1) is 23.1 Å². The van der Waals surface area contributed by atoms with Crippen molar-refractivity contribution in [1.82, 2.24) is 20.0 Å². The standard InChI is InChI=1S/C30H35N7O3S/c1-36-14-15-38-24-23(33-28(34-27(24)36)39-17-29-8-4-12-37(29)13-5-9-29)22-18-6-2-10-30(25(18)40-35-22)11-3-7-20-21(30)19(16-31)26(32)41-20/h2-15,17,32H2,1H3. The number of aryl methyl sites for hydroxylation is 1. The molecule has 0 amide bonds. The van der Waals surface area contributed by atoms with Gasteiger partial charge >= 0.3 is 6.01 Å². The molecule has 0 bridgehead atoms. The molecule has 2 N–H and O–H groups in total. The highest BCUT2D eigenvalue weighted by atomic mass is 32.1. The van der Waals surface area contributed by atoms with Crippen LogP contribution in [-0.4, -0.2) is 65.5 Å². The van der Waals surface area contributed by atoms with Gasteiger partial charge in [0.1, 0.15) is 35.7 Å². The second-order valence-corrected chi connectivity index (χ2v) is 13.5. The van der Waals surface area contributed by atoms with Crippen molar-refractivity contribution < 1.29 is 14.0 Å². The van der Waals surface area contributed by atoms with Gasteiger partial charge in [0, 0.05) is 17.5 Å². The molecule has 1 spiro atoms. The highest BCUT2D eigenvalue weighted by Gasteiger charge is 2.49. The van der Waals surface area contributed by atoms with Crippen molar-refractivity contribution in [1.29, 1.82) is 5.26 Å². The van der Waals surface area contributed by atoms with E-state index in [1.54, 1.807) is 11.3 Å². The molecule has 0 radical (unpaired) electrons. The first-order valence-corrected chi connectivity index (χ1v) is 15.8. The molecule has 6 heterocycles. The molecule has 3 aromatic heterocycles. The third-order valence-corrected chi connectivity index (χ3v) is 11.3. The van der Waals surface area contributed by atoms with E-state index in [0.717, 1.165) is 93.7 Å². The SMILES string of the molecule is CN1CCOc2c(-c3noc4c3CCCC43CCCc4sc(N)c(C#N)c43)nc(OCC34CCCN3CCC4)nc21. The summed E-state index contributed by atoms with van der Waals surface area (Å²) in [5.74, 6) is 2.22. The zero-order valence-corrected chi connectivity index (χ0v) is 24.3. The molecule has 0 aromatic carbocycles. The zero-order chi connectivity index (χ0) is 27.8. The molecule has 10 nitrogen and oxygen atoms in total. The Labute approximate surface area is 243 Å². The minimum Gasteiger partial charge on any atom is -0.486 e. The molecule has 1 atom stereocenters. The molecule has 8 rings (SSSR count). The number of nitrogen functional groups attached to an aromatic ring is 1. The van der Waals surface area contributed by atoms with E-state index in [-0.39, 0.29) is 11.0 Å². The molecular weight excluding hydrogens is 538 g/mol. The van der Waals surface area contributed by atoms with Gasteiger partial charge in [-0.1, -0.05) is 5.16 Å². The normalized spacial score (nSPS) is 24.3. The molecule has 2 aliphatic carbocycles. The van der Waals surface area contributed by atoms with E-state index in [0.29, 0.717) is 46.9 Å². The largest absolute Gasteiger partial charge is 0.486 e. The second-order valence-electron chi connectivity index (χ2n) is 12.4. The summed E-state index contributed by atoms with van der Waals surface area (Å²) in [6.07, 6.45) is 10.4. The molecule has 1 unspecified atom stereocenters. The maximum absolute atomic E-state index is 10.1. The number of rotatable bonds is 4. The highest BCUT2D eigenvalue weighted by Crippen LogP contribution is 2.56. The monoisotopic (exact) mass is 573 g/mol. The van der Waals surface area contributed by atoms with Crippen LogP contribution in [0.3, 0.4) is 0 Å². The van der Waals surface area contributed by atoms with E-state index < -0.39 is 0 Å². The quantitative estimate of drug-likeness (QED) is 0.479. The average molecular weight is 574 g/mol. The summed E-state index contributed by atoms with van der Waals surface area (Å²) in [6.45, 7) is 4.17. The van der Waals surface area contributed by atoms with Crippen LogP contribution < -0.4 is 20.1 Å². The predicted octanol–water partition coefficient (Wildman–Crippen LogP) is 4.44. The first-order valence-electron chi connectivity index (χ1n) is 15.0. The summed E-state index contributed by atoms with van der Waals surface area (Å²) in [5, 5.41) is 15.3. The number of thiophene rings is 1. The Hall–Kier alpha value is -3.36. The van der Waals surface area contributed by atoms with Crippen LogP contribution in [0.5, 0.6) is 11.8 Å². The number of nitrogens with two attached hydrogens (primary N) is 1. The van der Waals surface area contributed by atoms with Crippen LogP contribution in [0.15, 0.2) is 4.52 Å². The highest BCUT2D eigenvalue weighted by molar-refractivity contribution is 7.16. The molecule has 11 heteroatoms. The van der Waals surface area contributed by atoms with Gasteiger partial charge in [-0.15, -0.1) is 11.3 Å².